The lowest BCUT2D eigenvalue weighted by Gasteiger charge is -2.32. The molecule has 1 aromatic heterocycles. The number of hydrogen-bond acceptors (Lipinski definition) is 6. The Morgan fingerprint density at radius 2 is 2.38 bits per heavy atom. The predicted octanol–water partition coefficient (Wildman–Crippen LogP) is 1.62. The maximum absolute atomic E-state index is 8.91. The summed E-state index contributed by atoms with van der Waals surface area (Å²) in [6.45, 7) is 6.60. The maximum atomic E-state index is 8.91. The molecule has 1 aliphatic rings. The number of ether oxygens (including phenoxy) is 2. The zero-order chi connectivity index (χ0) is 16.8. The van der Waals surface area contributed by atoms with Gasteiger partial charge in [0.1, 0.15) is 24.8 Å². The average molecular weight is 327 g/mol. The molecule has 0 aliphatic carbocycles. The molecule has 1 aromatic carbocycles. The highest BCUT2D eigenvalue weighted by Gasteiger charge is 2.25. The summed E-state index contributed by atoms with van der Waals surface area (Å²) in [6.07, 6.45) is 1.69. The SMILES string of the molecule is CCn1cnnc1[C@H]1CN(CCOc2cccc(C#N)c2)CCO1. The van der Waals surface area contributed by atoms with Gasteiger partial charge in [0.25, 0.3) is 0 Å². The number of aryl methyl sites for hydroxylation is 1. The van der Waals surface area contributed by atoms with Crippen molar-refractivity contribution in [2.24, 2.45) is 0 Å². The van der Waals surface area contributed by atoms with E-state index < -0.39 is 0 Å². The molecule has 1 saturated heterocycles. The molecule has 7 heteroatoms. The Hall–Kier alpha value is -2.43. The summed E-state index contributed by atoms with van der Waals surface area (Å²) in [7, 11) is 0. The predicted molar refractivity (Wildman–Crippen MR) is 87.5 cm³/mol. The second-order valence-electron chi connectivity index (χ2n) is 5.62. The number of rotatable bonds is 6. The van der Waals surface area contributed by atoms with Gasteiger partial charge in [0.15, 0.2) is 5.82 Å². The molecule has 0 bridgehead atoms. The van der Waals surface area contributed by atoms with Gasteiger partial charge in [0.2, 0.25) is 0 Å². The van der Waals surface area contributed by atoms with E-state index in [0.29, 0.717) is 18.8 Å². The molecule has 1 atom stereocenters. The minimum absolute atomic E-state index is 0.0527. The van der Waals surface area contributed by atoms with E-state index in [0.717, 1.165) is 37.8 Å². The van der Waals surface area contributed by atoms with Gasteiger partial charge in [-0.15, -0.1) is 10.2 Å². The lowest BCUT2D eigenvalue weighted by atomic mass is 10.2. The summed E-state index contributed by atoms with van der Waals surface area (Å²) in [5, 5.41) is 17.1. The summed E-state index contributed by atoms with van der Waals surface area (Å²) < 4.78 is 13.6. The Morgan fingerprint density at radius 3 is 3.21 bits per heavy atom. The van der Waals surface area contributed by atoms with Crippen LogP contribution in [0.25, 0.3) is 0 Å². The van der Waals surface area contributed by atoms with Gasteiger partial charge < -0.3 is 14.0 Å². The summed E-state index contributed by atoms with van der Waals surface area (Å²) in [4.78, 5) is 2.30. The van der Waals surface area contributed by atoms with E-state index in [1.807, 2.05) is 16.7 Å². The second-order valence-corrected chi connectivity index (χ2v) is 5.62. The van der Waals surface area contributed by atoms with Crippen molar-refractivity contribution < 1.29 is 9.47 Å². The molecule has 3 rings (SSSR count). The molecule has 1 fully saturated rings. The van der Waals surface area contributed by atoms with Crippen LogP contribution < -0.4 is 4.74 Å². The van der Waals surface area contributed by atoms with Crippen molar-refractivity contribution in [1.29, 1.82) is 5.26 Å². The summed E-state index contributed by atoms with van der Waals surface area (Å²) in [5.74, 6) is 1.61. The van der Waals surface area contributed by atoms with Gasteiger partial charge in [-0.05, 0) is 25.1 Å². The Balaban J connectivity index is 1.51. The highest BCUT2D eigenvalue weighted by atomic mass is 16.5. The van der Waals surface area contributed by atoms with Crippen LogP contribution in [0, 0.1) is 11.3 Å². The highest BCUT2D eigenvalue weighted by molar-refractivity contribution is 5.36. The topological polar surface area (TPSA) is 76.2 Å². The fourth-order valence-electron chi connectivity index (χ4n) is 2.77. The molecule has 0 spiro atoms. The Kier molecular flexibility index (Phi) is 5.41. The third-order valence-corrected chi connectivity index (χ3v) is 4.06. The van der Waals surface area contributed by atoms with Gasteiger partial charge in [0.05, 0.1) is 18.2 Å². The first-order valence-electron chi connectivity index (χ1n) is 8.14. The molecule has 0 unspecified atom stereocenters. The molecule has 2 aromatic rings. The molecule has 126 valence electrons. The Labute approximate surface area is 141 Å². The van der Waals surface area contributed by atoms with E-state index in [-0.39, 0.29) is 6.10 Å². The monoisotopic (exact) mass is 327 g/mol. The van der Waals surface area contributed by atoms with Crippen LogP contribution in [0.1, 0.15) is 24.4 Å². The largest absolute Gasteiger partial charge is 0.492 e. The van der Waals surface area contributed by atoms with Crippen molar-refractivity contribution in [1.82, 2.24) is 19.7 Å². The Bertz CT molecular complexity index is 709. The van der Waals surface area contributed by atoms with E-state index in [1.54, 1.807) is 18.5 Å². The van der Waals surface area contributed by atoms with E-state index in [1.165, 1.54) is 0 Å². The molecule has 2 heterocycles. The van der Waals surface area contributed by atoms with Crippen LogP contribution in [-0.4, -0.2) is 52.5 Å². The van der Waals surface area contributed by atoms with Gasteiger partial charge in [-0.1, -0.05) is 6.07 Å². The zero-order valence-corrected chi connectivity index (χ0v) is 13.8. The number of aromatic nitrogens is 3. The van der Waals surface area contributed by atoms with Gasteiger partial charge in [-0.2, -0.15) is 5.26 Å². The molecular weight excluding hydrogens is 306 g/mol. The van der Waals surface area contributed by atoms with Gasteiger partial charge >= 0.3 is 0 Å². The third-order valence-electron chi connectivity index (χ3n) is 4.06. The summed E-state index contributed by atoms with van der Waals surface area (Å²) >= 11 is 0. The smallest absolute Gasteiger partial charge is 0.163 e. The molecule has 0 N–H and O–H groups in total. The molecule has 0 amide bonds. The van der Waals surface area contributed by atoms with Gasteiger partial charge in [-0.25, -0.2) is 0 Å². The minimum atomic E-state index is -0.0527. The Morgan fingerprint density at radius 1 is 1.46 bits per heavy atom. The molecular formula is C17H21N5O2. The normalized spacial score (nSPS) is 18.2. The first-order valence-corrected chi connectivity index (χ1v) is 8.14. The van der Waals surface area contributed by atoms with E-state index in [2.05, 4.69) is 28.1 Å². The number of morpholine rings is 1. The van der Waals surface area contributed by atoms with Crippen LogP contribution in [0.15, 0.2) is 30.6 Å². The maximum Gasteiger partial charge on any atom is 0.163 e. The number of hydrogen-bond donors (Lipinski definition) is 0. The number of benzene rings is 1. The molecule has 0 radical (unpaired) electrons. The lowest BCUT2D eigenvalue weighted by molar-refractivity contribution is -0.0387. The van der Waals surface area contributed by atoms with Crippen molar-refractivity contribution in [2.45, 2.75) is 19.6 Å². The van der Waals surface area contributed by atoms with Gasteiger partial charge in [-0.3, -0.25) is 4.90 Å². The molecule has 0 saturated carbocycles. The standard InChI is InChI=1S/C17H21N5O2/c1-2-22-13-19-20-17(22)16-12-21(7-9-24-16)6-8-23-15-5-3-4-14(10-15)11-18/h3-5,10,13,16H,2,6-9,12H2,1H3/t16-/m1/s1. The first kappa shape index (κ1) is 16.4. The first-order chi connectivity index (χ1) is 11.8. The van der Waals surface area contributed by atoms with Crippen LogP contribution in [0.2, 0.25) is 0 Å². The van der Waals surface area contributed by atoms with E-state index >= 15 is 0 Å². The van der Waals surface area contributed by atoms with Crippen molar-refractivity contribution in [2.75, 3.05) is 32.8 Å². The van der Waals surface area contributed by atoms with Crippen molar-refractivity contribution in [3.05, 3.63) is 42.0 Å². The van der Waals surface area contributed by atoms with E-state index in [4.69, 9.17) is 14.7 Å². The zero-order valence-electron chi connectivity index (χ0n) is 13.8. The quantitative estimate of drug-likeness (QED) is 0.802. The number of nitrogens with zero attached hydrogens (tertiary/aromatic N) is 5. The van der Waals surface area contributed by atoms with Crippen LogP contribution in [0.3, 0.4) is 0 Å². The van der Waals surface area contributed by atoms with Gasteiger partial charge in [0, 0.05) is 26.2 Å². The van der Waals surface area contributed by atoms with Crippen LogP contribution >= 0.6 is 0 Å². The van der Waals surface area contributed by atoms with Crippen LogP contribution in [0.4, 0.5) is 0 Å². The fraction of sp³-hybridized carbons (Fsp3) is 0.471. The van der Waals surface area contributed by atoms with Crippen LogP contribution in [0.5, 0.6) is 5.75 Å². The third kappa shape index (κ3) is 3.91. The molecule has 7 nitrogen and oxygen atoms in total. The lowest BCUT2D eigenvalue weighted by Crippen LogP contribution is -2.41. The average Bonchev–Trinajstić information content (AvgIpc) is 3.11. The molecule has 24 heavy (non-hydrogen) atoms. The molecule has 1 aliphatic heterocycles. The fourth-order valence-corrected chi connectivity index (χ4v) is 2.77. The van der Waals surface area contributed by atoms with Crippen molar-refractivity contribution in [3.8, 4) is 11.8 Å². The summed E-state index contributed by atoms with van der Waals surface area (Å²) in [6, 6.07) is 9.34. The number of nitriles is 1. The second kappa shape index (κ2) is 7.90. The highest BCUT2D eigenvalue weighted by Crippen LogP contribution is 2.20. The van der Waals surface area contributed by atoms with Crippen molar-refractivity contribution >= 4 is 0 Å². The van der Waals surface area contributed by atoms with Crippen LogP contribution in [-0.2, 0) is 11.3 Å². The van der Waals surface area contributed by atoms with Crippen molar-refractivity contribution in [3.63, 3.8) is 0 Å². The minimum Gasteiger partial charge on any atom is -0.492 e. The summed E-state index contributed by atoms with van der Waals surface area (Å²) in [5.41, 5.74) is 0.609. The van der Waals surface area contributed by atoms with E-state index in [9.17, 15) is 0 Å².